The zero-order chi connectivity index (χ0) is 17.6. The number of aliphatic imine (C=N–C) groups is 1. The second-order valence-electron chi connectivity index (χ2n) is 6.32. The molecule has 3 nitrogen and oxygen atoms in total. The largest absolute Gasteiger partial charge is 0.354 e. The van der Waals surface area contributed by atoms with E-state index in [0.29, 0.717) is 0 Å². The lowest BCUT2D eigenvalue weighted by molar-refractivity contribution is 0.190. The number of hydrogen-bond donors (Lipinski definition) is 0. The van der Waals surface area contributed by atoms with E-state index in [2.05, 4.69) is 65.3 Å². The quantitative estimate of drug-likeness (QED) is 0.772. The van der Waals surface area contributed by atoms with E-state index in [4.69, 9.17) is 4.99 Å². The molecule has 0 N–H and O–H groups in total. The molecular formula is C22H29N3. The number of benzene rings is 2. The fourth-order valence-electron chi connectivity index (χ4n) is 3.56. The summed E-state index contributed by atoms with van der Waals surface area (Å²) in [6.07, 6.45) is 0.967. The Labute approximate surface area is 152 Å². The monoisotopic (exact) mass is 335 g/mol. The summed E-state index contributed by atoms with van der Waals surface area (Å²) in [4.78, 5) is 10.1. The number of fused-ring (bicyclic) bond motifs is 2. The van der Waals surface area contributed by atoms with E-state index in [-0.39, 0.29) is 0 Å². The number of piperazine rings is 1. The van der Waals surface area contributed by atoms with E-state index >= 15 is 0 Å². The second-order valence-corrected chi connectivity index (χ2v) is 6.32. The van der Waals surface area contributed by atoms with Crippen molar-refractivity contribution < 1.29 is 0 Å². The maximum Gasteiger partial charge on any atom is 0.136 e. The molecule has 3 heteroatoms. The van der Waals surface area contributed by atoms with Crippen molar-refractivity contribution >= 4 is 11.5 Å². The van der Waals surface area contributed by atoms with Gasteiger partial charge in [-0.2, -0.15) is 0 Å². The van der Waals surface area contributed by atoms with E-state index < -0.39 is 0 Å². The highest BCUT2D eigenvalue weighted by Gasteiger charge is 2.24. The van der Waals surface area contributed by atoms with Crippen LogP contribution in [0, 0.1) is 0 Å². The smallest absolute Gasteiger partial charge is 0.136 e. The number of nitrogens with zero attached hydrogens (tertiary/aromatic N) is 3. The normalized spacial score (nSPS) is 16.8. The van der Waals surface area contributed by atoms with Gasteiger partial charge < -0.3 is 9.80 Å². The van der Waals surface area contributed by atoms with Crippen molar-refractivity contribution in [1.29, 1.82) is 0 Å². The van der Waals surface area contributed by atoms with Gasteiger partial charge in [0.25, 0.3) is 0 Å². The van der Waals surface area contributed by atoms with Gasteiger partial charge in [0.15, 0.2) is 0 Å². The van der Waals surface area contributed by atoms with Crippen molar-refractivity contribution in [3.8, 4) is 0 Å². The maximum absolute atomic E-state index is 5.08. The molecule has 1 fully saturated rings. The Morgan fingerprint density at radius 3 is 2.20 bits per heavy atom. The Bertz CT molecular complexity index is 728. The summed E-state index contributed by atoms with van der Waals surface area (Å²) < 4.78 is 0. The third-order valence-electron chi connectivity index (χ3n) is 4.98. The molecule has 2 aliphatic heterocycles. The van der Waals surface area contributed by atoms with Gasteiger partial charge in [-0.25, -0.2) is 4.99 Å². The van der Waals surface area contributed by atoms with Gasteiger partial charge in [0.1, 0.15) is 5.84 Å². The second kappa shape index (κ2) is 8.30. The molecule has 0 aliphatic carbocycles. The van der Waals surface area contributed by atoms with Crippen LogP contribution in [-0.4, -0.2) is 48.4 Å². The lowest BCUT2D eigenvalue weighted by Gasteiger charge is -2.36. The molecule has 2 aromatic carbocycles. The summed E-state index contributed by atoms with van der Waals surface area (Å²) in [5.41, 5.74) is 5.13. The van der Waals surface area contributed by atoms with Crippen LogP contribution >= 0.6 is 0 Å². The first-order chi connectivity index (χ1) is 12.3. The van der Waals surface area contributed by atoms with Crippen LogP contribution in [0.25, 0.3) is 0 Å². The molecule has 4 rings (SSSR count). The van der Waals surface area contributed by atoms with E-state index in [1.165, 1.54) is 16.7 Å². The first-order valence-electron chi connectivity index (χ1n) is 9.57. The third-order valence-corrected chi connectivity index (χ3v) is 4.98. The molecule has 2 aromatic rings. The van der Waals surface area contributed by atoms with Crippen molar-refractivity contribution in [2.45, 2.75) is 27.2 Å². The van der Waals surface area contributed by atoms with Gasteiger partial charge in [-0.1, -0.05) is 63.2 Å². The van der Waals surface area contributed by atoms with Gasteiger partial charge in [-0.15, -0.1) is 0 Å². The number of hydrogen-bond acceptors (Lipinski definition) is 3. The van der Waals surface area contributed by atoms with Crippen molar-refractivity contribution in [1.82, 2.24) is 9.80 Å². The standard InChI is InChI=1S/C20H23N3.C2H6/c1-2-22-11-13-23(14-12-22)20-18-9-5-3-7-16(18)15-17-8-4-6-10-19(17)21-20;1-2/h3-10H,2,11-15H2,1H3;1-2H3. The highest BCUT2D eigenvalue weighted by atomic mass is 15.3. The molecule has 0 radical (unpaired) electrons. The van der Waals surface area contributed by atoms with Crippen molar-refractivity contribution in [3.63, 3.8) is 0 Å². The number of rotatable bonds is 1. The van der Waals surface area contributed by atoms with E-state index in [1.807, 2.05) is 13.8 Å². The number of likely N-dealkylation sites (N-methyl/N-ethyl adjacent to an activating group) is 1. The first kappa shape index (κ1) is 17.7. The Kier molecular flexibility index (Phi) is 5.87. The summed E-state index contributed by atoms with van der Waals surface area (Å²) in [6.45, 7) is 11.7. The van der Waals surface area contributed by atoms with Crippen molar-refractivity contribution in [3.05, 3.63) is 65.2 Å². The zero-order valence-corrected chi connectivity index (χ0v) is 15.7. The minimum atomic E-state index is 0.967. The van der Waals surface area contributed by atoms with Crippen LogP contribution < -0.4 is 0 Å². The van der Waals surface area contributed by atoms with Crippen LogP contribution in [0.2, 0.25) is 0 Å². The fourth-order valence-corrected chi connectivity index (χ4v) is 3.56. The van der Waals surface area contributed by atoms with Gasteiger partial charge in [0, 0.05) is 38.2 Å². The van der Waals surface area contributed by atoms with Gasteiger partial charge in [-0.3, -0.25) is 0 Å². The van der Waals surface area contributed by atoms with E-state index in [0.717, 1.165) is 50.7 Å². The summed E-state index contributed by atoms with van der Waals surface area (Å²) in [5, 5.41) is 0. The molecule has 0 spiro atoms. The molecule has 0 atom stereocenters. The van der Waals surface area contributed by atoms with Gasteiger partial charge in [0.2, 0.25) is 0 Å². The Balaban J connectivity index is 0.000000880. The lowest BCUT2D eigenvalue weighted by atomic mass is 9.99. The molecule has 132 valence electrons. The highest BCUT2D eigenvalue weighted by Crippen LogP contribution is 2.29. The van der Waals surface area contributed by atoms with E-state index in [9.17, 15) is 0 Å². The maximum atomic E-state index is 5.08. The van der Waals surface area contributed by atoms with Crippen LogP contribution in [0.4, 0.5) is 5.69 Å². The van der Waals surface area contributed by atoms with Crippen LogP contribution in [-0.2, 0) is 6.42 Å². The van der Waals surface area contributed by atoms with Crippen LogP contribution in [0.3, 0.4) is 0 Å². The Hall–Kier alpha value is -2.13. The van der Waals surface area contributed by atoms with Crippen LogP contribution in [0.15, 0.2) is 53.5 Å². The molecular weight excluding hydrogens is 306 g/mol. The highest BCUT2D eigenvalue weighted by molar-refractivity contribution is 6.02. The van der Waals surface area contributed by atoms with Gasteiger partial charge in [-0.05, 0) is 23.7 Å². The van der Waals surface area contributed by atoms with Crippen molar-refractivity contribution in [2.24, 2.45) is 4.99 Å². The molecule has 0 saturated carbocycles. The number of amidine groups is 1. The third kappa shape index (κ3) is 3.77. The summed E-state index contributed by atoms with van der Waals surface area (Å²) >= 11 is 0. The SMILES string of the molecule is CC.CCN1CCN(C2=Nc3ccccc3Cc3ccccc32)CC1. The van der Waals surface area contributed by atoms with E-state index in [1.54, 1.807) is 0 Å². The lowest BCUT2D eigenvalue weighted by Crippen LogP contribution is -2.48. The zero-order valence-electron chi connectivity index (χ0n) is 15.7. The van der Waals surface area contributed by atoms with Crippen molar-refractivity contribution in [2.75, 3.05) is 32.7 Å². The predicted molar refractivity (Wildman–Crippen MR) is 107 cm³/mol. The molecule has 25 heavy (non-hydrogen) atoms. The summed E-state index contributed by atoms with van der Waals surface area (Å²) in [7, 11) is 0. The predicted octanol–water partition coefficient (Wildman–Crippen LogP) is 4.33. The topological polar surface area (TPSA) is 18.8 Å². The molecule has 0 unspecified atom stereocenters. The first-order valence-corrected chi connectivity index (χ1v) is 9.57. The summed E-state index contributed by atoms with van der Waals surface area (Å²) in [6, 6.07) is 17.3. The minimum Gasteiger partial charge on any atom is -0.354 e. The van der Waals surface area contributed by atoms with Gasteiger partial charge >= 0.3 is 0 Å². The molecule has 0 aromatic heterocycles. The fraction of sp³-hybridized carbons (Fsp3) is 0.409. The average molecular weight is 335 g/mol. The molecule has 0 bridgehead atoms. The minimum absolute atomic E-state index is 0.967. The summed E-state index contributed by atoms with van der Waals surface area (Å²) in [5.74, 6) is 1.15. The molecule has 2 aliphatic rings. The van der Waals surface area contributed by atoms with Crippen LogP contribution in [0.5, 0.6) is 0 Å². The number of para-hydroxylation sites is 1. The van der Waals surface area contributed by atoms with Gasteiger partial charge in [0.05, 0.1) is 5.69 Å². The average Bonchev–Trinajstić information content (AvgIpc) is 2.86. The molecule has 0 amide bonds. The molecule has 2 heterocycles. The van der Waals surface area contributed by atoms with Crippen LogP contribution in [0.1, 0.15) is 37.5 Å². The Morgan fingerprint density at radius 1 is 0.840 bits per heavy atom. The Morgan fingerprint density at radius 2 is 1.48 bits per heavy atom. The molecule has 1 saturated heterocycles.